The van der Waals surface area contributed by atoms with E-state index in [9.17, 15) is 27.2 Å². The highest BCUT2D eigenvalue weighted by molar-refractivity contribution is 8.13. The molecule has 2 atom stereocenters. The average molecular weight is 467 g/mol. The first-order valence-electron chi connectivity index (χ1n) is 9.54. The molecule has 0 bridgehead atoms. The highest BCUT2D eigenvalue weighted by atomic mass is 32.2. The Labute approximate surface area is 184 Å². The summed E-state index contributed by atoms with van der Waals surface area (Å²) in [6.07, 6.45) is -5.08. The van der Waals surface area contributed by atoms with E-state index in [4.69, 9.17) is 4.74 Å². The minimum Gasteiger partial charge on any atom is -0.378 e. The SMILES string of the molecule is O=C(NC1=NC2(c3cc(NC(=O)C(F)(F)F)ccc3F)COCC2CS1)c1ccccc1. The van der Waals surface area contributed by atoms with Gasteiger partial charge >= 0.3 is 12.1 Å². The van der Waals surface area contributed by atoms with E-state index in [0.29, 0.717) is 11.3 Å². The van der Waals surface area contributed by atoms with Crippen LogP contribution < -0.4 is 10.6 Å². The average Bonchev–Trinajstić information content (AvgIpc) is 3.19. The van der Waals surface area contributed by atoms with Crippen molar-refractivity contribution < 1.29 is 31.9 Å². The number of halogens is 4. The number of thioether (sulfide) groups is 1. The number of alkyl halides is 3. The first-order chi connectivity index (χ1) is 15.2. The molecule has 2 aliphatic rings. The second-order valence-electron chi connectivity index (χ2n) is 7.33. The summed E-state index contributed by atoms with van der Waals surface area (Å²) in [5.74, 6) is -3.07. The fourth-order valence-electron chi connectivity index (χ4n) is 3.63. The number of amidine groups is 1. The molecule has 168 valence electrons. The van der Waals surface area contributed by atoms with Crippen LogP contribution in [-0.2, 0) is 15.1 Å². The van der Waals surface area contributed by atoms with Crippen molar-refractivity contribution in [1.29, 1.82) is 0 Å². The molecule has 2 amide bonds. The lowest BCUT2D eigenvalue weighted by atomic mass is 9.81. The van der Waals surface area contributed by atoms with Gasteiger partial charge in [0.1, 0.15) is 11.4 Å². The Hall–Kier alpha value is -2.92. The number of nitrogens with zero attached hydrogens (tertiary/aromatic N) is 1. The summed E-state index contributed by atoms with van der Waals surface area (Å²) in [5, 5.41) is 4.70. The Balaban J connectivity index is 1.67. The number of rotatable bonds is 3. The van der Waals surface area contributed by atoms with Gasteiger partial charge in [0.2, 0.25) is 0 Å². The number of hydrogen-bond acceptors (Lipinski definition) is 5. The zero-order chi connectivity index (χ0) is 22.9. The predicted octanol–water partition coefficient (Wildman–Crippen LogP) is 3.70. The van der Waals surface area contributed by atoms with E-state index in [2.05, 4.69) is 10.3 Å². The van der Waals surface area contributed by atoms with Crippen LogP contribution in [0.2, 0.25) is 0 Å². The Morgan fingerprint density at radius 3 is 2.59 bits per heavy atom. The molecule has 0 radical (unpaired) electrons. The summed E-state index contributed by atoms with van der Waals surface area (Å²) in [5.41, 5.74) is -1.05. The Kier molecular flexibility index (Phi) is 5.95. The molecule has 0 aromatic heterocycles. The summed E-state index contributed by atoms with van der Waals surface area (Å²) in [6.45, 7) is 0.255. The highest BCUT2D eigenvalue weighted by Gasteiger charge is 2.50. The molecule has 6 nitrogen and oxygen atoms in total. The number of aliphatic imine (C=N–C) groups is 1. The number of carbonyl (C=O) groups is 2. The predicted molar refractivity (Wildman–Crippen MR) is 111 cm³/mol. The van der Waals surface area contributed by atoms with E-state index in [1.54, 1.807) is 35.6 Å². The van der Waals surface area contributed by atoms with Gasteiger partial charge in [0.05, 0.1) is 13.2 Å². The van der Waals surface area contributed by atoms with E-state index in [0.717, 1.165) is 18.2 Å². The summed E-state index contributed by atoms with van der Waals surface area (Å²) in [6, 6.07) is 11.6. The van der Waals surface area contributed by atoms with Gasteiger partial charge in [-0.05, 0) is 30.3 Å². The number of benzene rings is 2. The molecule has 32 heavy (non-hydrogen) atoms. The largest absolute Gasteiger partial charge is 0.471 e. The van der Waals surface area contributed by atoms with Crippen molar-refractivity contribution >= 4 is 34.4 Å². The van der Waals surface area contributed by atoms with Gasteiger partial charge in [0.15, 0.2) is 5.17 Å². The Morgan fingerprint density at radius 2 is 1.88 bits per heavy atom. The van der Waals surface area contributed by atoms with E-state index >= 15 is 0 Å². The normalized spacial score (nSPS) is 22.6. The molecule has 2 aromatic carbocycles. The zero-order valence-corrected chi connectivity index (χ0v) is 17.2. The minimum atomic E-state index is -5.08. The molecular weight excluding hydrogens is 450 g/mol. The Bertz CT molecular complexity index is 1080. The van der Waals surface area contributed by atoms with Crippen LogP contribution in [0.25, 0.3) is 0 Å². The van der Waals surface area contributed by atoms with Crippen LogP contribution in [0, 0.1) is 11.7 Å². The third-order valence-electron chi connectivity index (χ3n) is 5.24. The van der Waals surface area contributed by atoms with Crippen molar-refractivity contribution in [1.82, 2.24) is 5.32 Å². The van der Waals surface area contributed by atoms with E-state index < -0.39 is 29.3 Å². The molecule has 11 heteroatoms. The van der Waals surface area contributed by atoms with Gasteiger partial charge in [0.25, 0.3) is 5.91 Å². The second kappa shape index (κ2) is 8.55. The van der Waals surface area contributed by atoms with E-state index in [1.165, 1.54) is 11.8 Å². The van der Waals surface area contributed by atoms with Crippen molar-refractivity contribution in [2.24, 2.45) is 10.9 Å². The first-order valence-corrected chi connectivity index (χ1v) is 10.5. The molecule has 2 N–H and O–H groups in total. The first kappa shape index (κ1) is 22.3. The Morgan fingerprint density at radius 1 is 1.12 bits per heavy atom. The second-order valence-corrected chi connectivity index (χ2v) is 8.34. The van der Waals surface area contributed by atoms with Crippen LogP contribution in [0.5, 0.6) is 0 Å². The third-order valence-corrected chi connectivity index (χ3v) is 6.28. The summed E-state index contributed by atoms with van der Waals surface area (Å²) < 4.78 is 58.3. The van der Waals surface area contributed by atoms with Crippen LogP contribution in [0.1, 0.15) is 15.9 Å². The monoisotopic (exact) mass is 467 g/mol. The number of nitrogens with one attached hydrogen (secondary N) is 2. The zero-order valence-electron chi connectivity index (χ0n) is 16.4. The van der Waals surface area contributed by atoms with Crippen LogP contribution in [0.4, 0.5) is 23.2 Å². The van der Waals surface area contributed by atoms with Gasteiger partial charge in [-0.3, -0.25) is 9.59 Å². The van der Waals surface area contributed by atoms with Gasteiger partial charge < -0.3 is 15.4 Å². The standard InChI is InChI=1S/C21H17F4N3O3S/c22-16-7-6-14(26-18(30)21(23,24)25)8-15(16)20-11-31-9-13(20)10-32-19(28-20)27-17(29)12-4-2-1-3-5-12/h1-8,13H,9-11H2,(H,26,30)(H,27,28,29). The van der Waals surface area contributed by atoms with Gasteiger partial charge in [-0.25, -0.2) is 9.38 Å². The fraction of sp³-hybridized carbons (Fsp3) is 0.286. The lowest BCUT2D eigenvalue weighted by Gasteiger charge is -2.35. The summed E-state index contributed by atoms with van der Waals surface area (Å²) in [4.78, 5) is 28.4. The number of hydrogen-bond donors (Lipinski definition) is 2. The van der Waals surface area contributed by atoms with Crippen LogP contribution in [0.3, 0.4) is 0 Å². The molecular formula is C21H17F4N3O3S. The molecule has 0 spiro atoms. The van der Waals surface area contributed by atoms with Crippen molar-refractivity contribution in [2.45, 2.75) is 11.7 Å². The quantitative estimate of drug-likeness (QED) is 0.675. The highest BCUT2D eigenvalue weighted by Crippen LogP contribution is 2.46. The molecule has 2 aromatic rings. The number of fused-ring (bicyclic) bond motifs is 1. The van der Waals surface area contributed by atoms with Gasteiger partial charge in [-0.1, -0.05) is 30.0 Å². The maximum atomic E-state index is 14.9. The van der Waals surface area contributed by atoms with Gasteiger partial charge in [-0.2, -0.15) is 13.2 Å². The van der Waals surface area contributed by atoms with Crippen molar-refractivity contribution in [3.63, 3.8) is 0 Å². The number of ether oxygens (including phenoxy) is 1. The fourth-order valence-corrected chi connectivity index (χ4v) is 4.76. The maximum Gasteiger partial charge on any atom is 0.471 e. The summed E-state index contributed by atoms with van der Waals surface area (Å²) >= 11 is 1.28. The third kappa shape index (κ3) is 4.35. The van der Waals surface area contributed by atoms with Gasteiger partial charge in [-0.15, -0.1) is 0 Å². The summed E-state index contributed by atoms with van der Waals surface area (Å²) in [7, 11) is 0. The van der Waals surface area contributed by atoms with Gasteiger partial charge in [0, 0.05) is 28.5 Å². The molecule has 0 saturated carbocycles. The molecule has 4 rings (SSSR count). The molecule has 0 aliphatic carbocycles. The molecule has 1 fully saturated rings. The number of anilines is 1. The van der Waals surface area contributed by atoms with Crippen molar-refractivity contribution in [2.75, 3.05) is 24.3 Å². The molecule has 2 unspecified atom stereocenters. The lowest BCUT2D eigenvalue weighted by molar-refractivity contribution is -0.167. The topological polar surface area (TPSA) is 79.8 Å². The van der Waals surface area contributed by atoms with Crippen LogP contribution in [0.15, 0.2) is 53.5 Å². The van der Waals surface area contributed by atoms with Crippen molar-refractivity contribution in [3.05, 3.63) is 65.5 Å². The van der Waals surface area contributed by atoms with E-state index in [-0.39, 0.29) is 35.6 Å². The smallest absolute Gasteiger partial charge is 0.378 e. The van der Waals surface area contributed by atoms with Crippen LogP contribution in [-0.4, -0.2) is 42.1 Å². The maximum absolute atomic E-state index is 14.9. The molecule has 2 aliphatic heterocycles. The lowest BCUT2D eigenvalue weighted by Crippen LogP contribution is -2.42. The number of amides is 2. The van der Waals surface area contributed by atoms with E-state index in [1.807, 2.05) is 0 Å². The number of carbonyl (C=O) groups excluding carboxylic acids is 2. The van der Waals surface area contributed by atoms with Crippen molar-refractivity contribution in [3.8, 4) is 0 Å². The van der Waals surface area contributed by atoms with Crippen LogP contribution >= 0.6 is 11.8 Å². The minimum absolute atomic E-state index is 0.00765. The molecule has 2 heterocycles. The molecule has 1 saturated heterocycles.